The van der Waals surface area contributed by atoms with Gasteiger partial charge in [-0.3, -0.25) is 4.98 Å². The molecule has 0 atom stereocenters. The van der Waals surface area contributed by atoms with Gasteiger partial charge in [-0.25, -0.2) is 14.2 Å². The number of hydrogen-bond donors (Lipinski definition) is 1. The van der Waals surface area contributed by atoms with Gasteiger partial charge in [0.2, 0.25) is 0 Å². The lowest BCUT2D eigenvalue weighted by atomic mass is 9.92. The van der Waals surface area contributed by atoms with Gasteiger partial charge in [0.25, 0.3) is 0 Å². The number of alkyl halides is 1. The quantitative estimate of drug-likeness (QED) is 0.614. The van der Waals surface area contributed by atoms with Gasteiger partial charge in [-0.05, 0) is 19.1 Å². The standard InChI is InChI=1S/C8H10ClN3O2S/c1-15-6-10-7(13)12(8(14)11-6)5-2-4(9)3-5/h4-5H,2-3H2,1H3,(H,10,11,13,14). The highest BCUT2D eigenvalue weighted by Gasteiger charge is 2.31. The molecule has 1 aliphatic rings. The fourth-order valence-electron chi connectivity index (χ4n) is 1.56. The minimum absolute atomic E-state index is 0.0709. The van der Waals surface area contributed by atoms with Gasteiger partial charge in [-0.1, -0.05) is 11.8 Å². The third-order valence-electron chi connectivity index (χ3n) is 2.45. The van der Waals surface area contributed by atoms with Gasteiger partial charge in [0.1, 0.15) is 0 Å². The number of nitrogens with zero attached hydrogens (tertiary/aromatic N) is 2. The van der Waals surface area contributed by atoms with Crippen LogP contribution in [0.25, 0.3) is 0 Å². The number of rotatable bonds is 2. The van der Waals surface area contributed by atoms with Gasteiger partial charge < -0.3 is 0 Å². The summed E-state index contributed by atoms with van der Waals surface area (Å²) in [7, 11) is 0. The molecule has 0 aromatic carbocycles. The van der Waals surface area contributed by atoms with Crippen molar-refractivity contribution in [1.29, 1.82) is 0 Å². The summed E-state index contributed by atoms with van der Waals surface area (Å²) in [4.78, 5) is 29.4. The van der Waals surface area contributed by atoms with Crippen LogP contribution < -0.4 is 11.4 Å². The number of H-pyrrole nitrogens is 1. The van der Waals surface area contributed by atoms with Crippen molar-refractivity contribution in [3.05, 3.63) is 21.0 Å². The Labute approximate surface area is 94.9 Å². The number of nitrogens with one attached hydrogen (secondary N) is 1. The van der Waals surface area contributed by atoms with E-state index >= 15 is 0 Å². The second-order valence-corrected chi connectivity index (χ2v) is 4.84. The molecule has 0 saturated heterocycles. The summed E-state index contributed by atoms with van der Waals surface area (Å²) in [6, 6.07) is -0.0906. The smallest absolute Gasteiger partial charge is 0.286 e. The summed E-state index contributed by atoms with van der Waals surface area (Å²) >= 11 is 7.04. The van der Waals surface area contributed by atoms with Crippen LogP contribution in [-0.4, -0.2) is 26.2 Å². The first-order valence-electron chi connectivity index (χ1n) is 4.52. The van der Waals surface area contributed by atoms with E-state index in [1.807, 2.05) is 0 Å². The van der Waals surface area contributed by atoms with Crippen LogP contribution in [-0.2, 0) is 0 Å². The Morgan fingerprint density at radius 1 is 1.53 bits per heavy atom. The van der Waals surface area contributed by atoms with E-state index in [4.69, 9.17) is 11.6 Å². The van der Waals surface area contributed by atoms with Crippen LogP contribution in [0.2, 0.25) is 0 Å². The molecule has 0 spiro atoms. The predicted molar refractivity (Wildman–Crippen MR) is 58.8 cm³/mol. The Balaban J connectivity index is 2.40. The summed E-state index contributed by atoms with van der Waals surface area (Å²) in [5.74, 6) is 0. The predicted octanol–water partition coefficient (Wildman–Crippen LogP) is 0.596. The van der Waals surface area contributed by atoms with Crippen molar-refractivity contribution in [3.63, 3.8) is 0 Å². The van der Waals surface area contributed by atoms with Crippen molar-refractivity contribution in [2.45, 2.75) is 29.4 Å². The molecule has 1 aromatic heterocycles. The minimum atomic E-state index is -0.489. The van der Waals surface area contributed by atoms with Crippen molar-refractivity contribution in [1.82, 2.24) is 14.5 Å². The normalized spacial score (nSPS) is 24.9. The van der Waals surface area contributed by atoms with E-state index in [1.165, 1.54) is 11.8 Å². The van der Waals surface area contributed by atoms with Gasteiger partial charge in [-0.2, -0.15) is 4.98 Å². The Morgan fingerprint density at radius 3 is 2.67 bits per heavy atom. The molecule has 1 aliphatic carbocycles. The van der Waals surface area contributed by atoms with Crippen LogP contribution in [0.15, 0.2) is 14.7 Å². The maximum absolute atomic E-state index is 11.6. The first kappa shape index (κ1) is 10.8. The van der Waals surface area contributed by atoms with E-state index in [2.05, 4.69) is 9.97 Å². The molecule has 1 aromatic rings. The van der Waals surface area contributed by atoms with Crippen molar-refractivity contribution in [3.8, 4) is 0 Å². The summed E-state index contributed by atoms with van der Waals surface area (Å²) in [5, 5.41) is 0.421. The summed E-state index contributed by atoms with van der Waals surface area (Å²) in [6.07, 6.45) is 3.07. The molecule has 2 rings (SSSR count). The summed E-state index contributed by atoms with van der Waals surface area (Å²) < 4.78 is 1.15. The van der Waals surface area contributed by atoms with Crippen molar-refractivity contribution in [2.75, 3.05) is 6.26 Å². The topological polar surface area (TPSA) is 67.8 Å². The molecule has 7 heteroatoms. The maximum Gasteiger partial charge on any atom is 0.354 e. The fraction of sp³-hybridized carbons (Fsp3) is 0.625. The molecular weight excluding hydrogens is 238 g/mol. The van der Waals surface area contributed by atoms with Gasteiger partial charge in [0.05, 0.1) is 0 Å². The molecule has 1 fully saturated rings. The highest BCUT2D eigenvalue weighted by molar-refractivity contribution is 7.98. The number of aromatic nitrogens is 3. The van der Waals surface area contributed by atoms with Gasteiger partial charge in [-0.15, -0.1) is 11.6 Å². The number of aromatic amines is 1. The van der Waals surface area contributed by atoms with Crippen molar-refractivity contribution in [2.24, 2.45) is 0 Å². The Kier molecular flexibility index (Phi) is 2.88. The largest absolute Gasteiger partial charge is 0.354 e. The minimum Gasteiger partial charge on any atom is -0.286 e. The van der Waals surface area contributed by atoms with Crippen molar-refractivity contribution >= 4 is 23.4 Å². The SMILES string of the molecule is CSc1nc(=O)n(C2CC(Cl)C2)c(=O)[nH]1. The fourth-order valence-corrected chi connectivity index (χ4v) is 2.33. The van der Waals surface area contributed by atoms with E-state index in [-0.39, 0.29) is 11.4 Å². The number of halogens is 1. The third-order valence-corrected chi connectivity index (χ3v) is 3.39. The van der Waals surface area contributed by atoms with Gasteiger partial charge in [0.15, 0.2) is 5.16 Å². The van der Waals surface area contributed by atoms with Crippen LogP contribution in [0.1, 0.15) is 18.9 Å². The molecule has 1 N–H and O–H groups in total. The Morgan fingerprint density at radius 2 is 2.20 bits per heavy atom. The van der Waals surface area contributed by atoms with E-state index < -0.39 is 11.4 Å². The van der Waals surface area contributed by atoms with Crippen LogP contribution in [0.4, 0.5) is 0 Å². The third kappa shape index (κ3) is 1.96. The maximum atomic E-state index is 11.6. The molecule has 0 amide bonds. The molecule has 0 bridgehead atoms. The van der Waals surface area contributed by atoms with Crippen molar-refractivity contribution < 1.29 is 0 Å². The summed E-state index contributed by atoms with van der Waals surface area (Å²) in [5.41, 5.74) is -0.885. The molecule has 0 radical (unpaired) electrons. The monoisotopic (exact) mass is 247 g/mol. The molecule has 0 aliphatic heterocycles. The first-order valence-corrected chi connectivity index (χ1v) is 6.19. The lowest BCUT2D eigenvalue weighted by Gasteiger charge is -2.31. The van der Waals surface area contributed by atoms with E-state index in [0.717, 1.165) is 4.57 Å². The first-order chi connectivity index (χ1) is 7.11. The molecule has 82 valence electrons. The van der Waals surface area contributed by atoms with E-state index in [0.29, 0.717) is 18.0 Å². The van der Waals surface area contributed by atoms with E-state index in [9.17, 15) is 9.59 Å². The molecule has 15 heavy (non-hydrogen) atoms. The second-order valence-electron chi connectivity index (χ2n) is 3.43. The molecule has 1 saturated carbocycles. The van der Waals surface area contributed by atoms with Crippen LogP contribution in [0, 0.1) is 0 Å². The molecule has 0 unspecified atom stereocenters. The second kappa shape index (κ2) is 4.02. The zero-order valence-corrected chi connectivity index (χ0v) is 9.64. The lowest BCUT2D eigenvalue weighted by Crippen LogP contribution is -2.44. The highest BCUT2D eigenvalue weighted by Crippen LogP contribution is 2.34. The van der Waals surface area contributed by atoms with E-state index in [1.54, 1.807) is 6.26 Å². The Bertz CT molecular complexity index is 446. The highest BCUT2D eigenvalue weighted by atomic mass is 35.5. The van der Waals surface area contributed by atoms with Gasteiger partial charge in [0, 0.05) is 11.4 Å². The molecule has 1 heterocycles. The lowest BCUT2D eigenvalue weighted by molar-refractivity contribution is 0.296. The molecule has 5 nitrogen and oxygen atoms in total. The van der Waals surface area contributed by atoms with Gasteiger partial charge >= 0.3 is 11.4 Å². The Hall–Kier alpha value is -0.750. The van der Waals surface area contributed by atoms with Crippen LogP contribution in [0.3, 0.4) is 0 Å². The zero-order valence-electron chi connectivity index (χ0n) is 8.07. The summed E-state index contributed by atoms with van der Waals surface area (Å²) in [6.45, 7) is 0. The average molecular weight is 248 g/mol. The zero-order chi connectivity index (χ0) is 11.0. The number of hydrogen-bond acceptors (Lipinski definition) is 4. The number of thioether (sulfide) groups is 1. The van der Waals surface area contributed by atoms with Crippen LogP contribution >= 0.6 is 23.4 Å². The van der Waals surface area contributed by atoms with Crippen LogP contribution in [0.5, 0.6) is 0 Å². The molecular formula is C8H10ClN3O2S. The average Bonchev–Trinajstić information content (AvgIpc) is 2.13.